The van der Waals surface area contributed by atoms with Gasteiger partial charge in [0.05, 0.1) is 29.5 Å². The fraction of sp³-hybridized carbons (Fsp3) is 0.320. The van der Waals surface area contributed by atoms with Crippen LogP contribution in [0.3, 0.4) is 0 Å². The number of aliphatic hydroxyl groups is 2. The quantitative estimate of drug-likeness (QED) is 0.216. The van der Waals surface area contributed by atoms with Gasteiger partial charge in [0.1, 0.15) is 17.2 Å². The number of rotatable bonds is 8. The first-order chi connectivity index (χ1) is 18.0. The van der Waals surface area contributed by atoms with E-state index in [4.69, 9.17) is 9.07 Å². The summed E-state index contributed by atoms with van der Waals surface area (Å²) < 4.78 is 11.3. The van der Waals surface area contributed by atoms with Crippen molar-refractivity contribution in [1.29, 1.82) is 0 Å². The first kappa shape index (κ1) is 25.7. The van der Waals surface area contributed by atoms with E-state index in [1.807, 2.05) is 44.2 Å². The molecule has 38 heavy (non-hydrogen) atoms. The van der Waals surface area contributed by atoms with Crippen molar-refractivity contribution in [2.24, 2.45) is 0 Å². The van der Waals surface area contributed by atoms with Crippen LogP contribution >= 0.6 is 0 Å². The van der Waals surface area contributed by atoms with Crippen LogP contribution in [0.4, 0.5) is 17.6 Å². The summed E-state index contributed by atoms with van der Waals surface area (Å²) in [5.74, 6) is 1.13. The molecule has 4 aromatic rings. The zero-order valence-corrected chi connectivity index (χ0v) is 21.4. The lowest BCUT2D eigenvalue weighted by atomic mass is 9.80. The molecule has 1 aliphatic heterocycles. The highest BCUT2D eigenvalue weighted by Crippen LogP contribution is 2.32. The van der Waals surface area contributed by atoms with Gasteiger partial charge in [0.25, 0.3) is 5.89 Å². The number of fused-ring (bicyclic) bond motifs is 1. The van der Waals surface area contributed by atoms with Crippen LogP contribution in [0.2, 0.25) is 0 Å². The molecule has 0 spiro atoms. The normalized spacial score (nSPS) is 15.3. The minimum absolute atomic E-state index is 0.0387. The smallest absolute Gasteiger partial charge is 0.423 e. The van der Waals surface area contributed by atoms with Crippen molar-refractivity contribution in [3.8, 4) is 11.5 Å². The van der Waals surface area contributed by atoms with Crippen molar-refractivity contribution >= 4 is 30.2 Å². The van der Waals surface area contributed by atoms with Gasteiger partial charge in [0, 0.05) is 11.7 Å². The maximum atomic E-state index is 10.3. The van der Waals surface area contributed by atoms with Gasteiger partial charge in [0.2, 0.25) is 11.8 Å². The Balaban J connectivity index is 1.51. The first-order valence-corrected chi connectivity index (χ1v) is 12.1. The number of anilines is 3. The maximum absolute atomic E-state index is 10.3. The van der Waals surface area contributed by atoms with Crippen molar-refractivity contribution in [2.45, 2.75) is 44.9 Å². The summed E-state index contributed by atoms with van der Waals surface area (Å²) in [5, 5.41) is 44.9. The molecule has 196 valence electrons. The highest BCUT2D eigenvalue weighted by atomic mass is 16.5. The highest BCUT2D eigenvalue weighted by Gasteiger charge is 2.42. The van der Waals surface area contributed by atoms with Gasteiger partial charge in [-0.05, 0) is 39.3 Å². The maximum Gasteiger partial charge on any atom is 0.493 e. The summed E-state index contributed by atoms with van der Waals surface area (Å²) >= 11 is 0. The van der Waals surface area contributed by atoms with Crippen molar-refractivity contribution in [3.63, 3.8) is 0 Å². The average molecular weight is 517 g/mol. The molecule has 0 unspecified atom stereocenters. The Hall–Kier alpha value is -3.91. The summed E-state index contributed by atoms with van der Waals surface area (Å²) in [7, 11) is -1.04. The van der Waals surface area contributed by atoms with E-state index < -0.39 is 24.4 Å². The fourth-order valence-electron chi connectivity index (χ4n) is 4.11. The number of pyridine rings is 1. The fourth-order valence-corrected chi connectivity index (χ4v) is 4.11. The Kier molecular flexibility index (Phi) is 6.61. The summed E-state index contributed by atoms with van der Waals surface area (Å²) in [6.07, 6.45) is 1.50. The second kappa shape index (κ2) is 9.76. The lowest BCUT2D eigenvalue weighted by molar-refractivity contribution is 0.0488. The summed E-state index contributed by atoms with van der Waals surface area (Å²) in [4.78, 5) is 13.6. The van der Waals surface area contributed by atoms with Gasteiger partial charge in [-0.3, -0.25) is 0 Å². The van der Waals surface area contributed by atoms with Crippen LogP contribution in [0.5, 0.6) is 0 Å². The van der Waals surface area contributed by atoms with E-state index in [0.717, 1.165) is 5.56 Å². The summed E-state index contributed by atoms with van der Waals surface area (Å²) in [6.45, 7) is 6.53. The lowest BCUT2D eigenvalue weighted by Crippen LogP contribution is -2.28. The van der Waals surface area contributed by atoms with E-state index in [1.165, 1.54) is 6.20 Å². The number of aliphatic hydroxyl groups excluding tert-OH is 1. The molecule has 0 aliphatic carbocycles. The molecule has 1 aliphatic rings. The van der Waals surface area contributed by atoms with E-state index in [2.05, 4.69) is 35.8 Å². The van der Waals surface area contributed by atoms with Crippen molar-refractivity contribution in [2.75, 3.05) is 17.2 Å². The van der Waals surface area contributed by atoms with E-state index in [1.54, 1.807) is 26.0 Å². The van der Waals surface area contributed by atoms with Crippen LogP contribution in [-0.4, -0.2) is 54.1 Å². The van der Waals surface area contributed by atoms with Crippen LogP contribution < -0.4 is 16.1 Å². The van der Waals surface area contributed by atoms with Crippen molar-refractivity contribution < 1.29 is 24.3 Å². The Morgan fingerprint density at radius 1 is 1.08 bits per heavy atom. The molecule has 1 aromatic carbocycles. The van der Waals surface area contributed by atoms with E-state index in [-0.39, 0.29) is 24.3 Å². The van der Waals surface area contributed by atoms with Crippen LogP contribution in [-0.2, 0) is 15.9 Å². The monoisotopic (exact) mass is 517 g/mol. The van der Waals surface area contributed by atoms with Gasteiger partial charge in [-0.1, -0.05) is 36.4 Å². The topological polar surface area (TPSA) is 172 Å². The first-order valence-electron chi connectivity index (χ1n) is 12.1. The van der Waals surface area contributed by atoms with E-state index in [0.29, 0.717) is 28.4 Å². The number of hydrogen-bond donors (Lipinski definition) is 5. The largest absolute Gasteiger partial charge is 0.493 e. The third-order valence-electron chi connectivity index (χ3n) is 6.07. The van der Waals surface area contributed by atoms with Crippen molar-refractivity contribution in [3.05, 3.63) is 65.8 Å². The SMILES string of the molecule is CC(C)(O)c1nnc(-c2cnc(Nc3ccc4c(n3)C(C)(C)OB4O)nc2N[C@H](CO)c2ccccc2)o1. The van der Waals surface area contributed by atoms with Crippen LogP contribution in [0.1, 0.15) is 50.9 Å². The predicted molar refractivity (Wildman–Crippen MR) is 140 cm³/mol. The zero-order valence-electron chi connectivity index (χ0n) is 21.4. The second-order valence-corrected chi connectivity index (χ2v) is 9.96. The molecule has 0 saturated carbocycles. The predicted octanol–water partition coefficient (Wildman–Crippen LogP) is 1.99. The molecule has 3 aromatic heterocycles. The summed E-state index contributed by atoms with van der Waals surface area (Å²) in [6, 6.07) is 12.4. The Morgan fingerprint density at radius 2 is 1.84 bits per heavy atom. The molecule has 0 saturated heterocycles. The zero-order chi connectivity index (χ0) is 27.1. The van der Waals surface area contributed by atoms with Crippen LogP contribution in [0.25, 0.3) is 11.5 Å². The van der Waals surface area contributed by atoms with Crippen molar-refractivity contribution in [1.82, 2.24) is 25.1 Å². The minimum atomic E-state index is -1.33. The molecule has 0 fully saturated rings. The third kappa shape index (κ3) is 5.09. The van der Waals surface area contributed by atoms with Crippen LogP contribution in [0, 0.1) is 0 Å². The number of hydrogen-bond acceptors (Lipinski definition) is 12. The minimum Gasteiger partial charge on any atom is -0.423 e. The molecule has 5 N–H and O–H groups in total. The number of nitrogens with one attached hydrogen (secondary N) is 2. The van der Waals surface area contributed by atoms with Gasteiger partial charge < -0.3 is 34.9 Å². The lowest BCUT2D eigenvalue weighted by Gasteiger charge is -2.20. The molecule has 0 bridgehead atoms. The number of aromatic nitrogens is 5. The standard InChI is InChI=1S/C25H28BN7O5/c1-24(2,35)22-33-32-21(37-22)15-12-27-23(31-20(15)28-17(13-34)14-8-6-5-7-9-14)30-18-11-10-16-19(29-18)25(3,4)38-26(16)36/h5-12,17,34-36H,13H2,1-4H3,(H2,27,28,29,30,31)/t17-/m1/s1. The van der Waals surface area contributed by atoms with E-state index >= 15 is 0 Å². The van der Waals surface area contributed by atoms with Gasteiger partial charge in [-0.2, -0.15) is 4.98 Å². The number of nitrogens with zero attached hydrogens (tertiary/aromatic N) is 5. The highest BCUT2D eigenvalue weighted by molar-refractivity contribution is 6.61. The molecule has 13 heteroatoms. The van der Waals surface area contributed by atoms with Gasteiger partial charge in [-0.25, -0.2) is 9.97 Å². The molecule has 0 radical (unpaired) electrons. The van der Waals surface area contributed by atoms with Crippen LogP contribution in [0.15, 0.2) is 53.1 Å². The summed E-state index contributed by atoms with van der Waals surface area (Å²) in [5.41, 5.74) is 0.351. The molecule has 0 amide bonds. The Labute approximate surface area is 219 Å². The number of benzene rings is 1. The van der Waals surface area contributed by atoms with E-state index in [9.17, 15) is 15.2 Å². The Morgan fingerprint density at radius 3 is 2.53 bits per heavy atom. The third-order valence-corrected chi connectivity index (χ3v) is 6.07. The molecular formula is C25H28BN7O5. The van der Waals surface area contributed by atoms with Gasteiger partial charge >= 0.3 is 7.12 Å². The van der Waals surface area contributed by atoms with Gasteiger partial charge in [0.15, 0.2) is 0 Å². The Bertz CT molecular complexity index is 1440. The molecular weight excluding hydrogens is 489 g/mol. The average Bonchev–Trinajstić information content (AvgIpc) is 3.46. The molecule has 1 atom stereocenters. The molecule has 12 nitrogen and oxygen atoms in total. The molecule has 5 rings (SSSR count). The molecule has 4 heterocycles. The second-order valence-electron chi connectivity index (χ2n) is 9.96. The van der Waals surface area contributed by atoms with Gasteiger partial charge in [-0.15, -0.1) is 10.2 Å².